The summed E-state index contributed by atoms with van der Waals surface area (Å²) in [5, 5.41) is 23.3. The van der Waals surface area contributed by atoms with Crippen LogP contribution in [0.25, 0.3) is 10.4 Å². The first kappa shape index (κ1) is 12.9. The van der Waals surface area contributed by atoms with Crippen LogP contribution < -0.4 is 11.1 Å². The van der Waals surface area contributed by atoms with Crippen molar-refractivity contribution in [3.63, 3.8) is 0 Å². The minimum Gasteiger partial charge on any atom is -0.399 e. The smallest absolute Gasteiger partial charge is 0.0942 e. The van der Waals surface area contributed by atoms with Crippen molar-refractivity contribution in [1.82, 2.24) is 0 Å². The highest BCUT2D eigenvalue weighted by Crippen LogP contribution is 2.33. The minimum absolute atomic E-state index is 0.254. The SMILES string of the molecule is Nc1ccc(NCC(O)CO)c(-c2cccs2)c1. The number of benzene rings is 1. The van der Waals surface area contributed by atoms with E-state index in [1.54, 1.807) is 11.3 Å². The van der Waals surface area contributed by atoms with Crippen LogP contribution in [0.5, 0.6) is 0 Å². The Morgan fingerprint density at radius 2 is 2.17 bits per heavy atom. The summed E-state index contributed by atoms with van der Waals surface area (Å²) in [5.74, 6) is 0. The van der Waals surface area contributed by atoms with E-state index in [0.29, 0.717) is 12.2 Å². The Kier molecular flexibility index (Phi) is 4.19. The van der Waals surface area contributed by atoms with E-state index in [1.165, 1.54) is 0 Å². The van der Waals surface area contributed by atoms with Gasteiger partial charge in [-0.15, -0.1) is 11.3 Å². The zero-order chi connectivity index (χ0) is 13.0. The van der Waals surface area contributed by atoms with Gasteiger partial charge < -0.3 is 21.3 Å². The lowest BCUT2D eigenvalue weighted by atomic mass is 10.1. The predicted molar refractivity (Wildman–Crippen MR) is 75.7 cm³/mol. The van der Waals surface area contributed by atoms with E-state index in [2.05, 4.69) is 5.32 Å². The Morgan fingerprint density at radius 1 is 1.33 bits per heavy atom. The summed E-state index contributed by atoms with van der Waals surface area (Å²) < 4.78 is 0. The number of aliphatic hydroxyl groups is 2. The van der Waals surface area contributed by atoms with Gasteiger partial charge in [0.1, 0.15) is 0 Å². The summed E-state index contributed by atoms with van der Waals surface area (Å²) in [5.41, 5.74) is 8.42. The highest BCUT2D eigenvalue weighted by atomic mass is 32.1. The van der Waals surface area contributed by atoms with Crippen LogP contribution in [0.2, 0.25) is 0 Å². The van der Waals surface area contributed by atoms with E-state index in [0.717, 1.165) is 16.1 Å². The molecule has 0 aliphatic heterocycles. The molecular formula is C13H16N2O2S. The molecule has 2 rings (SSSR count). The molecular weight excluding hydrogens is 248 g/mol. The third kappa shape index (κ3) is 3.01. The maximum absolute atomic E-state index is 9.36. The summed E-state index contributed by atoms with van der Waals surface area (Å²) >= 11 is 1.63. The van der Waals surface area contributed by atoms with E-state index >= 15 is 0 Å². The molecule has 0 aliphatic rings. The number of hydrogen-bond acceptors (Lipinski definition) is 5. The molecule has 1 unspecified atom stereocenters. The quantitative estimate of drug-likeness (QED) is 0.621. The lowest BCUT2D eigenvalue weighted by Crippen LogP contribution is -2.23. The highest BCUT2D eigenvalue weighted by molar-refractivity contribution is 7.13. The number of nitrogens with one attached hydrogen (secondary N) is 1. The molecule has 1 aromatic heterocycles. The minimum atomic E-state index is -0.765. The van der Waals surface area contributed by atoms with Crippen LogP contribution in [0.15, 0.2) is 35.7 Å². The molecule has 5 heteroatoms. The van der Waals surface area contributed by atoms with Crippen LogP contribution in [-0.4, -0.2) is 29.5 Å². The third-order valence-electron chi connectivity index (χ3n) is 2.57. The number of thiophene rings is 1. The van der Waals surface area contributed by atoms with Crippen molar-refractivity contribution in [2.45, 2.75) is 6.10 Å². The third-order valence-corrected chi connectivity index (χ3v) is 3.47. The molecule has 0 amide bonds. The van der Waals surface area contributed by atoms with Gasteiger partial charge in [-0.1, -0.05) is 6.07 Å². The van der Waals surface area contributed by atoms with Crippen molar-refractivity contribution in [2.24, 2.45) is 0 Å². The van der Waals surface area contributed by atoms with Gasteiger partial charge in [0.2, 0.25) is 0 Å². The van der Waals surface area contributed by atoms with Crippen LogP contribution in [0.3, 0.4) is 0 Å². The van der Waals surface area contributed by atoms with Crippen LogP contribution in [0, 0.1) is 0 Å². The summed E-state index contributed by atoms with van der Waals surface area (Å²) in [6.07, 6.45) is -0.765. The van der Waals surface area contributed by atoms with Gasteiger partial charge in [0.15, 0.2) is 0 Å². The van der Waals surface area contributed by atoms with Gasteiger partial charge in [0.25, 0.3) is 0 Å². The summed E-state index contributed by atoms with van der Waals surface area (Å²) in [6.45, 7) is 0.0507. The molecule has 0 fully saturated rings. The Bertz CT molecular complexity index is 500. The Balaban J connectivity index is 2.24. The maximum atomic E-state index is 9.36. The number of anilines is 2. The van der Waals surface area contributed by atoms with Gasteiger partial charge in [0.05, 0.1) is 12.7 Å². The maximum Gasteiger partial charge on any atom is 0.0942 e. The van der Waals surface area contributed by atoms with Gasteiger partial charge >= 0.3 is 0 Å². The molecule has 0 saturated heterocycles. The first-order chi connectivity index (χ1) is 8.70. The molecule has 96 valence electrons. The van der Waals surface area contributed by atoms with Crippen molar-refractivity contribution in [3.8, 4) is 10.4 Å². The average Bonchev–Trinajstić information content (AvgIpc) is 2.90. The molecule has 0 aliphatic carbocycles. The van der Waals surface area contributed by atoms with Gasteiger partial charge in [-0.2, -0.15) is 0 Å². The van der Waals surface area contributed by atoms with Crippen molar-refractivity contribution < 1.29 is 10.2 Å². The van der Waals surface area contributed by atoms with Gasteiger partial charge in [-0.25, -0.2) is 0 Å². The molecule has 18 heavy (non-hydrogen) atoms. The first-order valence-corrected chi connectivity index (χ1v) is 6.55. The van der Waals surface area contributed by atoms with Crippen LogP contribution in [0.4, 0.5) is 11.4 Å². The van der Waals surface area contributed by atoms with Crippen LogP contribution >= 0.6 is 11.3 Å². The molecule has 0 saturated carbocycles. The summed E-state index contributed by atoms with van der Waals surface area (Å²) in [6, 6.07) is 9.60. The predicted octanol–water partition coefficient (Wildman–Crippen LogP) is 1.76. The lowest BCUT2D eigenvalue weighted by molar-refractivity contribution is 0.105. The van der Waals surface area contributed by atoms with E-state index in [-0.39, 0.29) is 6.61 Å². The van der Waals surface area contributed by atoms with Gasteiger partial charge in [-0.3, -0.25) is 0 Å². The lowest BCUT2D eigenvalue weighted by Gasteiger charge is -2.14. The normalized spacial score (nSPS) is 12.3. The molecule has 4 nitrogen and oxygen atoms in total. The largest absolute Gasteiger partial charge is 0.399 e. The molecule has 1 aromatic carbocycles. The fourth-order valence-electron chi connectivity index (χ4n) is 1.64. The van der Waals surface area contributed by atoms with E-state index in [1.807, 2.05) is 35.7 Å². The Labute approximate surface area is 110 Å². The second-order valence-electron chi connectivity index (χ2n) is 4.00. The van der Waals surface area contributed by atoms with Gasteiger partial charge in [-0.05, 0) is 29.6 Å². The highest BCUT2D eigenvalue weighted by Gasteiger charge is 2.08. The van der Waals surface area contributed by atoms with Crippen molar-refractivity contribution >= 4 is 22.7 Å². The molecule has 1 atom stereocenters. The fraction of sp³-hybridized carbons (Fsp3) is 0.231. The molecule has 2 aromatic rings. The number of rotatable bonds is 5. The summed E-state index contributed by atoms with van der Waals surface area (Å²) in [4.78, 5) is 1.11. The van der Waals surface area contributed by atoms with E-state index in [9.17, 15) is 5.11 Å². The van der Waals surface area contributed by atoms with E-state index in [4.69, 9.17) is 10.8 Å². The van der Waals surface area contributed by atoms with Gasteiger partial charge in [0, 0.05) is 28.4 Å². The molecule has 0 spiro atoms. The van der Waals surface area contributed by atoms with Crippen molar-refractivity contribution in [3.05, 3.63) is 35.7 Å². The van der Waals surface area contributed by atoms with Crippen LogP contribution in [0.1, 0.15) is 0 Å². The number of hydrogen-bond donors (Lipinski definition) is 4. The second-order valence-corrected chi connectivity index (χ2v) is 4.95. The molecule has 5 N–H and O–H groups in total. The zero-order valence-corrected chi connectivity index (χ0v) is 10.7. The number of aliphatic hydroxyl groups excluding tert-OH is 2. The monoisotopic (exact) mass is 264 g/mol. The average molecular weight is 264 g/mol. The molecule has 1 heterocycles. The van der Waals surface area contributed by atoms with Crippen molar-refractivity contribution in [1.29, 1.82) is 0 Å². The molecule has 0 radical (unpaired) electrons. The zero-order valence-electron chi connectivity index (χ0n) is 9.84. The number of nitrogens with two attached hydrogens (primary N) is 1. The topological polar surface area (TPSA) is 78.5 Å². The molecule has 0 bridgehead atoms. The standard InChI is InChI=1S/C13H16N2O2S/c14-9-3-4-12(15-7-10(17)8-16)11(6-9)13-2-1-5-18-13/h1-6,10,15-17H,7-8,14H2. The van der Waals surface area contributed by atoms with Crippen molar-refractivity contribution in [2.75, 3.05) is 24.2 Å². The number of nitrogen functional groups attached to an aromatic ring is 1. The fourth-order valence-corrected chi connectivity index (χ4v) is 2.40. The second kappa shape index (κ2) is 5.86. The Hall–Kier alpha value is -1.56. The van der Waals surface area contributed by atoms with E-state index < -0.39 is 6.10 Å². The van der Waals surface area contributed by atoms with Crippen LogP contribution in [-0.2, 0) is 0 Å². The Morgan fingerprint density at radius 3 is 2.83 bits per heavy atom. The first-order valence-electron chi connectivity index (χ1n) is 5.67. The summed E-state index contributed by atoms with van der Waals surface area (Å²) in [7, 11) is 0.